The van der Waals surface area contributed by atoms with Crippen LogP contribution in [0.5, 0.6) is 0 Å². The Kier molecular flexibility index (Phi) is 15.1. The Balaban J connectivity index is 1.25. The largest absolute Gasteiger partial charge is 0.449 e. The Morgan fingerprint density at radius 2 is 1.36 bits per heavy atom. The summed E-state index contributed by atoms with van der Waals surface area (Å²) in [5.74, 6) is -1.95. The van der Waals surface area contributed by atoms with Crippen molar-refractivity contribution in [1.29, 1.82) is 0 Å². The van der Waals surface area contributed by atoms with E-state index >= 15 is 0 Å². The van der Waals surface area contributed by atoms with Crippen LogP contribution in [0.15, 0.2) is 48.5 Å². The summed E-state index contributed by atoms with van der Waals surface area (Å²) in [5.41, 5.74) is 4.48. The molecular formula is C33H45N5O9. The van der Waals surface area contributed by atoms with Gasteiger partial charge in [0.2, 0.25) is 23.6 Å². The van der Waals surface area contributed by atoms with Gasteiger partial charge in [0.15, 0.2) is 0 Å². The molecule has 47 heavy (non-hydrogen) atoms. The van der Waals surface area contributed by atoms with Crippen LogP contribution < -0.4 is 26.6 Å². The van der Waals surface area contributed by atoms with E-state index in [1.807, 2.05) is 36.4 Å². The van der Waals surface area contributed by atoms with Gasteiger partial charge in [0.1, 0.15) is 24.8 Å². The van der Waals surface area contributed by atoms with Crippen molar-refractivity contribution in [3.8, 4) is 11.1 Å². The molecule has 3 rings (SSSR count). The number of rotatable bonds is 19. The van der Waals surface area contributed by atoms with Crippen molar-refractivity contribution in [3.63, 3.8) is 0 Å². The number of amides is 5. The molecule has 0 saturated carbocycles. The minimum absolute atomic E-state index is 0.00300. The van der Waals surface area contributed by atoms with Crippen molar-refractivity contribution in [1.82, 2.24) is 26.6 Å². The Labute approximate surface area is 274 Å². The smallest absolute Gasteiger partial charge is 0.407 e. The Hall–Kier alpha value is -4.53. The molecule has 0 bridgehead atoms. The number of aliphatic hydroxyl groups is 2. The van der Waals surface area contributed by atoms with Gasteiger partial charge in [-0.05, 0) is 42.5 Å². The van der Waals surface area contributed by atoms with Crippen molar-refractivity contribution in [3.05, 3.63) is 59.7 Å². The molecule has 0 spiro atoms. The van der Waals surface area contributed by atoms with E-state index in [1.54, 1.807) is 0 Å². The fraction of sp³-hybridized carbons (Fsp3) is 0.485. The Morgan fingerprint density at radius 1 is 0.766 bits per heavy atom. The maximum atomic E-state index is 12.5. The quantitative estimate of drug-likeness (QED) is 0.104. The van der Waals surface area contributed by atoms with E-state index in [0.717, 1.165) is 22.3 Å². The molecule has 1 aliphatic rings. The van der Waals surface area contributed by atoms with Gasteiger partial charge in [0.05, 0.1) is 13.2 Å². The summed E-state index contributed by atoms with van der Waals surface area (Å²) in [6, 6.07) is 14.2. The van der Waals surface area contributed by atoms with Gasteiger partial charge in [-0.2, -0.15) is 0 Å². The highest BCUT2D eigenvalue weighted by atomic mass is 16.5. The first kappa shape index (κ1) is 36.9. The molecule has 3 unspecified atom stereocenters. The van der Waals surface area contributed by atoms with E-state index in [0.29, 0.717) is 19.6 Å². The maximum Gasteiger partial charge on any atom is 0.407 e. The maximum absolute atomic E-state index is 12.5. The SMILES string of the molecule is CC(NC(=O)CCC(=O)NCCCOCC(O)CO)C(=O)NC(C)C(=O)NCCNC(=O)OCC1c2ccccc2-c2ccccc21. The lowest BCUT2D eigenvalue weighted by Crippen LogP contribution is -2.52. The molecule has 0 heterocycles. The van der Waals surface area contributed by atoms with Gasteiger partial charge in [0.25, 0.3) is 0 Å². The highest BCUT2D eigenvalue weighted by Crippen LogP contribution is 2.44. The third-order valence-corrected chi connectivity index (χ3v) is 7.45. The Bertz CT molecular complexity index is 1330. The molecule has 14 heteroatoms. The monoisotopic (exact) mass is 655 g/mol. The third-order valence-electron chi connectivity index (χ3n) is 7.45. The van der Waals surface area contributed by atoms with Gasteiger partial charge in [-0.1, -0.05) is 48.5 Å². The highest BCUT2D eigenvalue weighted by molar-refractivity contribution is 5.92. The van der Waals surface area contributed by atoms with Gasteiger partial charge >= 0.3 is 6.09 Å². The molecule has 3 atom stereocenters. The first-order valence-corrected chi connectivity index (χ1v) is 15.7. The zero-order valence-electron chi connectivity index (χ0n) is 26.8. The summed E-state index contributed by atoms with van der Waals surface area (Å²) in [5, 5.41) is 30.8. The number of ether oxygens (including phenoxy) is 2. The zero-order chi connectivity index (χ0) is 34.2. The standard InChI is InChI=1S/C33H45N5O9/c1-21(38-32(44)22(2)37-30(42)13-12-29(41)34-14-7-17-46-19-23(40)18-39)31(43)35-15-16-36-33(45)47-20-28-26-10-5-3-8-24(26)25-9-4-6-11-27(25)28/h3-6,8-11,21-23,28,39-40H,7,12-20H2,1-2H3,(H,34,41)(H,35,43)(H,36,45)(H,37,42)(H,38,44). The molecule has 2 aromatic rings. The van der Waals surface area contributed by atoms with Crippen LogP contribution in [0.25, 0.3) is 11.1 Å². The van der Waals surface area contributed by atoms with E-state index in [9.17, 15) is 29.1 Å². The first-order chi connectivity index (χ1) is 22.6. The van der Waals surface area contributed by atoms with Crippen LogP contribution in [0.4, 0.5) is 4.79 Å². The average molecular weight is 656 g/mol. The summed E-state index contributed by atoms with van der Waals surface area (Å²) >= 11 is 0. The number of aliphatic hydroxyl groups excluding tert-OH is 2. The molecule has 1 aliphatic carbocycles. The summed E-state index contributed by atoms with van der Waals surface area (Å²) in [4.78, 5) is 61.4. The number of carbonyl (C=O) groups excluding carboxylic acids is 5. The fourth-order valence-corrected chi connectivity index (χ4v) is 4.93. The van der Waals surface area contributed by atoms with Crippen LogP contribution in [0.2, 0.25) is 0 Å². The number of nitrogens with one attached hydrogen (secondary N) is 5. The second-order valence-corrected chi connectivity index (χ2v) is 11.2. The molecule has 0 aromatic heterocycles. The van der Waals surface area contributed by atoms with Crippen LogP contribution in [0.3, 0.4) is 0 Å². The van der Waals surface area contributed by atoms with E-state index in [4.69, 9.17) is 14.6 Å². The molecule has 5 amide bonds. The number of benzene rings is 2. The summed E-state index contributed by atoms with van der Waals surface area (Å²) < 4.78 is 10.6. The predicted molar refractivity (Wildman–Crippen MR) is 172 cm³/mol. The minimum atomic E-state index is -0.942. The van der Waals surface area contributed by atoms with Crippen molar-refractivity contribution in [2.45, 2.75) is 57.2 Å². The van der Waals surface area contributed by atoms with E-state index in [-0.39, 0.29) is 57.6 Å². The molecule has 0 saturated heterocycles. The molecule has 7 N–H and O–H groups in total. The van der Waals surface area contributed by atoms with E-state index < -0.39 is 42.0 Å². The van der Waals surface area contributed by atoms with E-state index in [1.165, 1.54) is 13.8 Å². The predicted octanol–water partition coefficient (Wildman–Crippen LogP) is 0.307. The van der Waals surface area contributed by atoms with E-state index in [2.05, 4.69) is 38.7 Å². The summed E-state index contributed by atoms with van der Waals surface area (Å²) in [7, 11) is 0. The fourth-order valence-electron chi connectivity index (χ4n) is 4.93. The molecule has 0 aliphatic heterocycles. The second kappa shape index (κ2) is 19.2. The average Bonchev–Trinajstić information content (AvgIpc) is 3.39. The highest BCUT2D eigenvalue weighted by Gasteiger charge is 2.29. The molecule has 2 aromatic carbocycles. The number of alkyl carbamates (subject to hydrolysis) is 1. The van der Waals surface area contributed by atoms with Gasteiger partial charge in [-0.25, -0.2) is 4.79 Å². The van der Waals surface area contributed by atoms with Gasteiger partial charge in [0, 0.05) is 45.0 Å². The van der Waals surface area contributed by atoms with Crippen LogP contribution in [-0.4, -0.2) is 104 Å². The second-order valence-electron chi connectivity index (χ2n) is 11.2. The molecule has 0 radical (unpaired) electrons. The van der Waals surface area contributed by atoms with Crippen LogP contribution in [0.1, 0.15) is 50.2 Å². The van der Waals surface area contributed by atoms with Gasteiger partial charge < -0.3 is 46.3 Å². The minimum Gasteiger partial charge on any atom is -0.449 e. The molecule has 0 fully saturated rings. The number of fused-ring (bicyclic) bond motifs is 3. The lowest BCUT2D eigenvalue weighted by Gasteiger charge is -2.18. The van der Waals surface area contributed by atoms with Crippen LogP contribution in [0, 0.1) is 0 Å². The molecule has 256 valence electrons. The lowest BCUT2D eigenvalue weighted by atomic mass is 9.98. The number of hydrogen-bond acceptors (Lipinski definition) is 9. The summed E-state index contributed by atoms with van der Waals surface area (Å²) in [6.07, 6.45) is -1.26. The first-order valence-electron chi connectivity index (χ1n) is 15.7. The van der Waals surface area contributed by atoms with Crippen molar-refractivity contribution >= 4 is 29.7 Å². The van der Waals surface area contributed by atoms with Crippen LogP contribution >= 0.6 is 0 Å². The van der Waals surface area contributed by atoms with Crippen molar-refractivity contribution in [2.75, 3.05) is 46.1 Å². The zero-order valence-corrected chi connectivity index (χ0v) is 26.8. The molecular weight excluding hydrogens is 610 g/mol. The normalized spacial score (nSPS) is 13.7. The molecule has 14 nitrogen and oxygen atoms in total. The number of hydrogen-bond donors (Lipinski definition) is 7. The Morgan fingerprint density at radius 3 is 2.02 bits per heavy atom. The van der Waals surface area contributed by atoms with Crippen molar-refractivity contribution < 1.29 is 43.7 Å². The van der Waals surface area contributed by atoms with Gasteiger partial charge in [-0.3, -0.25) is 19.2 Å². The topological polar surface area (TPSA) is 204 Å². The van der Waals surface area contributed by atoms with Gasteiger partial charge in [-0.15, -0.1) is 0 Å². The third kappa shape index (κ3) is 12.0. The summed E-state index contributed by atoms with van der Waals surface area (Å²) in [6.45, 7) is 3.58. The van der Waals surface area contributed by atoms with Crippen LogP contribution in [-0.2, 0) is 28.7 Å². The lowest BCUT2D eigenvalue weighted by molar-refractivity contribution is -0.132. The number of carbonyl (C=O) groups is 5. The van der Waals surface area contributed by atoms with Crippen molar-refractivity contribution in [2.24, 2.45) is 0 Å².